The van der Waals surface area contributed by atoms with Crippen LogP contribution >= 0.6 is 11.8 Å². The molecule has 1 atom stereocenters. The molecule has 0 bridgehead atoms. The van der Waals surface area contributed by atoms with E-state index in [1.165, 1.54) is 17.7 Å². The Morgan fingerprint density at radius 1 is 1.03 bits per heavy atom. The fraction of sp³-hybridized carbons (Fsp3) is 0.435. The van der Waals surface area contributed by atoms with Crippen LogP contribution in [0.3, 0.4) is 0 Å². The topological polar surface area (TPSA) is 75.3 Å². The number of carbonyl (C=O) groups excluding carboxylic acids is 1. The number of carbonyl (C=O) groups is 1. The number of hydrogen-bond acceptors (Lipinski definition) is 4. The van der Waals surface area contributed by atoms with E-state index < -0.39 is 16.1 Å². The van der Waals surface area contributed by atoms with Crippen LogP contribution in [0.4, 0.5) is 0 Å². The summed E-state index contributed by atoms with van der Waals surface area (Å²) in [6.45, 7) is 0.526. The van der Waals surface area contributed by atoms with Crippen molar-refractivity contribution in [1.82, 2.24) is 10.0 Å². The highest BCUT2D eigenvalue weighted by Gasteiger charge is 2.36. The molecule has 5 nitrogen and oxygen atoms in total. The van der Waals surface area contributed by atoms with E-state index in [-0.39, 0.29) is 16.2 Å². The van der Waals surface area contributed by atoms with Gasteiger partial charge in [-0.2, -0.15) is 16.5 Å². The van der Waals surface area contributed by atoms with Crippen molar-refractivity contribution in [2.24, 2.45) is 0 Å². The van der Waals surface area contributed by atoms with Crippen molar-refractivity contribution in [3.8, 4) is 0 Å². The lowest BCUT2D eigenvalue weighted by atomic mass is 9.79. The minimum absolute atomic E-state index is 0.0702. The van der Waals surface area contributed by atoms with E-state index in [0.29, 0.717) is 18.7 Å². The van der Waals surface area contributed by atoms with Crippen LogP contribution in [-0.2, 0) is 20.2 Å². The summed E-state index contributed by atoms with van der Waals surface area (Å²) >= 11 is 1.59. The molecule has 0 radical (unpaired) electrons. The smallest absolute Gasteiger partial charge is 0.241 e. The Kier molecular flexibility index (Phi) is 7.97. The van der Waals surface area contributed by atoms with Crippen LogP contribution in [0.2, 0.25) is 0 Å². The molecule has 0 aliphatic heterocycles. The van der Waals surface area contributed by atoms with Crippen molar-refractivity contribution >= 4 is 27.7 Å². The number of hydrogen-bond donors (Lipinski definition) is 2. The second-order valence-corrected chi connectivity index (χ2v) is 10.5. The Bertz CT molecular complexity index is 912. The minimum atomic E-state index is -3.76. The van der Waals surface area contributed by atoms with Gasteiger partial charge in [0.1, 0.15) is 6.04 Å². The first kappa shape index (κ1) is 22.8. The summed E-state index contributed by atoms with van der Waals surface area (Å²) in [4.78, 5) is 13.2. The lowest BCUT2D eigenvalue weighted by Crippen LogP contribution is -2.50. The van der Waals surface area contributed by atoms with Crippen molar-refractivity contribution in [3.05, 3.63) is 66.2 Å². The number of amides is 1. The van der Waals surface area contributed by atoms with Gasteiger partial charge in [0.05, 0.1) is 4.90 Å². The van der Waals surface area contributed by atoms with Crippen LogP contribution in [0.5, 0.6) is 0 Å². The third-order valence-corrected chi connectivity index (χ3v) is 7.96. The Hall–Kier alpha value is -1.83. The molecule has 0 heterocycles. The lowest BCUT2D eigenvalue weighted by molar-refractivity contribution is -0.123. The summed E-state index contributed by atoms with van der Waals surface area (Å²) in [6.07, 6.45) is 6.73. The summed E-state index contributed by atoms with van der Waals surface area (Å²) < 4.78 is 28.1. The van der Waals surface area contributed by atoms with E-state index in [9.17, 15) is 13.2 Å². The number of rotatable bonds is 10. The van der Waals surface area contributed by atoms with Gasteiger partial charge in [0.25, 0.3) is 0 Å². The predicted octanol–water partition coefficient (Wildman–Crippen LogP) is 3.71. The van der Waals surface area contributed by atoms with Crippen molar-refractivity contribution in [2.75, 3.05) is 18.6 Å². The highest BCUT2D eigenvalue weighted by molar-refractivity contribution is 7.98. The monoisotopic (exact) mass is 446 g/mol. The number of thioether (sulfide) groups is 1. The molecule has 2 N–H and O–H groups in total. The van der Waals surface area contributed by atoms with E-state index in [2.05, 4.69) is 22.2 Å². The molecule has 1 aliphatic rings. The maximum absolute atomic E-state index is 13.0. The molecular formula is C23H30N2O3S2. The maximum atomic E-state index is 13.0. The molecule has 1 unspecified atom stereocenters. The molecule has 0 spiro atoms. The molecule has 2 aromatic rings. The van der Waals surface area contributed by atoms with Gasteiger partial charge in [-0.15, -0.1) is 0 Å². The molecule has 1 saturated carbocycles. The number of benzene rings is 2. The molecule has 1 fully saturated rings. The zero-order valence-corrected chi connectivity index (χ0v) is 19.0. The molecule has 30 heavy (non-hydrogen) atoms. The van der Waals surface area contributed by atoms with Crippen LogP contribution in [0.25, 0.3) is 0 Å². The average molecular weight is 447 g/mol. The van der Waals surface area contributed by atoms with Crippen molar-refractivity contribution in [2.45, 2.75) is 48.5 Å². The molecule has 162 valence electrons. The first-order valence-corrected chi connectivity index (χ1v) is 13.2. The molecule has 1 amide bonds. The van der Waals surface area contributed by atoms with Crippen molar-refractivity contribution in [1.29, 1.82) is 0 Å². The van der Waals surface area contributed by atoms with Crippen LogP contribution in [0, 0.1) is 0 Å². The van der Waals surface area contributed by atoms with Gasteiger partial charge >= 0.3 is 0 Å². The number of nitrogens with one attached hydrogen (secondary N) is 2. The molecular weight excluding hydrogens is 416 g/mol. The van der Waals surface area contributed by atoms with E-state index in [1.807, 2.05) is 24.5 Å². The van der Waals surface area contributed by atoms with E-state index in [1.54, 1.807) is 30.0 Å². The summed E-state index contributed by atoms with van der Waals surface area (Å²) in [5.74, 6) is 0.435. The van der Waals surface area contributed by atoms with E-state index >= 15 is 0 Å². The molecule has 7 heteroatoms. The largest absolute Gasteiger partial charge is 0.354 e. The Balaban J connectivity index is 1.72. The van der Waals surface area contributed by atoms with E-state index in [4.69, 9.17) is 0 Å². The highest BCUT2D eigenvalue weighted by atomic mass is 32.2. The van der Waals surface area contributed by atoms with Gasteiger partial charge in [0.2, 0.25) is 15.9 Å². The first-order valence-electron chi connectivity index (χ1n) is 10.4. The quantitative estimate of drug-likeness (QED) is 0.583. The maximum Gasteiger partial charge on any atom is 0.241 e. The fourth-order valence-electron chi connectivity index (χ4n) is 4.12. The standard InChI is InChI=1S/C23H30N2O3S2/c1-29-17-14-21(25-30(27,28)20-12-6-3-7-13-20)22(26)24-18-23(15-8-9-16-23)19-10-4-2-5-11-19/h2-7,10-13,21,25H,8-9,14-18H2,1H3,(H,24,26). The zero-order valence-electron chi connectivity index (χ0n) is 17.3. The molecule has 2 aromatic carbocycles. The molecule has 0 aromatic heterocycles. The van der Waals surface area contributed by atoms with Gasteiger partial charge < -0.3 is 5.32 Å². The lowest BCUT2D eigenvalue weighted by Gasteiger charge is -2.31. The Morgan fingerprint density at radius 3 is 2.23 bits per heavy atom. The third kappa shape index (κ3) is 5.65. The Labute approximate surface area is 184 Å². The zero-order chi connectivity index (χ0) is 21.5. The first-order chi connectivity index (χ1) is 14.5. The van der Waals surface area contributed by atoms with E-state index in [0.717, 1.165) is 25.7 Å². The predicted molar refractivity (Wildman–Crippen MR) is 123 cm³/mol. The van der Waals surface area contributed by atoms with Gasteiger partial charge in [-0.3, -0.25) is 4.79 Å². The molecule has 3 rings (SSSR count). The van der Waals surface area contributed by atoms with Gasteiger partial charge in [0.15, 0.2) is 0 Å². The Morgan fingerprint density at radius 2 is 1.63 bits per heavy atom. The van der Waals surface area contributed by atoms with Gasteiger partial charge in [0, 0.05) is 12.0 Å². The van der Waals surface area contributed by atoms with Crippen molar-refractivity contribution in [3.63, 3.8) is 0 Å². The normalized spacial score (nSPS) is 16.8. The molecule has 1 aliphatic carbocycles. The van der Waals surface area contributed by atoms with Crippen LogP contribution in [-0.4, -0.2) is 38.9 Å². The summed E-state index contributed by atoms with van der Waals surface area (Å²) in [5, 5.41) is 3.07. The van der Waals surface area contributed by atoms with Gasteiger partial charge in [-0.05, 0) is 49.0 Å². The molecule has 0 saturated heterocycles. The summed E-state index contributed by atoms with van der Waals surface area (Å²) in [7, 11) is -3.76. The fourth-order valence-corrected chi connectivity index (χ4v) is 5.85. The highest BCUT2D eigenvalue weighted by Crippen LogP contribution is 2.40. The van der Waals surface area contributed by atoms with Crippen LogP contribution < -0.4 is 10.0 Å². The van der Waals surface area contributed by atoms with Crippen LogP contribution in [0.15, 0.2) is 65.6 Å². The van der Waals surface area contributed by atoms with Crippen LogP contribution in [0.1, 0.15) is 37.7 Å². The van der Waals surface area contributed by atoms with Gasteiger partial charge in [-0.1, -0.05) is 61.4 Å². The second-order valence-electron chi connectivity index (χ2n) is 7.84. The number of sulfonamides is 1. The minimum Gasteiger partial charge on any atom is -0.354 e. The van der Waals surface area contributed by atoms with Crippen molar-refractivity contribution < 1.29 is 13.2 Å². The SMILES string of the molecule is CSCCC(NS(=O)(=O)c1ccccc1)C(=O)NCC1(c2ccccc2)CCCC1. The second kappa shape index (κ2) is 10.5. The van der Waals surface area contributed by atoms with Gasteiger partial charge in [-0.25, -0.2) is 8.42 Å². The summed E-state index contributed by atoms with van der Waals surface area (Å²) in [6, 6.07) is 17.7. The third-order valence-electron chi connectivity index (χ3n) is 5.83. The average Bonchev–Trinajstić information content (AvgIpc) is 3.26. The summed E-state index contributed by atoms with van der Waals surface area (Å²) in [5.41, 5.74) is 1.17.